The lowest BCUT2D eigenvalue weighted by Gasteiger charge is -2.01. The molecule has 0 spiro atoms. The molecule has 0 unspecified atom stereocenters. The van der Waals surface area contributed by atoms with Crippen molar-refractivity contribution in [3.05, 3.63) is 53.2 Å². The van der Waals surface area contributed by atoms with Gasteiger partial charge in [-0.05, 0) is 24.3 Å². The van der Waals surface area contributed by atoms with Crippen LogP contribution in [0.25, 0.3) is 17.0 Å². The van der Waals surface area contributed by atoms with Gasteiger partial charge < -0.3 is 0 Å². The van der Waals surface area contributed by atoms with Gasteiger partial charge in [0.15, 0.2) is 17.8 Å². The van der Waals surface area contributed by atoms with Crippen molar-refractivity contribution >= 4 is 23.5 Å². The molecule has 0 radical (unpaired) electrons. The molecular weight excluding hydrogens is 250 g/mol. The third kappa shape index (κ3) is 1.67. The number of carbonyl (C=O) groups excluding carboxylic acids is 1. The van der Waals surface area contributed by atoms with E-state index in [1.54, 1.807) is 22.6 Å². The van der Waals surface area contributed by atoms with Crippen LogP contribution in [-0.4, -0.2) is 20.9 Å². The van der Waals surface area contributed by atoms with E-state index in [1.165, 1.54) is 0 Å². The van der Waals surface area contributed by atoms with Crippen LogP contribution in [0.4, 0.5) is 0 Å². The fourth-order valence-electron chi connectivity index (χ4n) is 1.85. The Hall–Kier alpha value is -2.20. The second-order valence-corrected chi connectivity index (χ2v) is 4.25. The molecule has 0 atom stereocenters. The molecule has 0 aliphatic rings. The monoisotopic (exact) mass is 257 g/mol. The number of fused-ring (bicyclic) bond motifs is 1. The molecule has 3 rings (SSSR count). The Labute approximate surface area is 108 Å². The van der Waals surface area contributed by atoms with Crippen LogP contribution in [0.5, 0.6) is 0 Å². The minimum atomic E-state index is 0.512. The Morgan fingerprint density at radius 2 is 2.06 bits per heavy atom. The number of hydrogen-bond acceptors (Lipinski definition) is 3. The smallest absolute Gasteiger partial charge is 0.171 e. The molecule has 0 amide bonds. The molecule has 2 heterocycles. The van der Waals surface area contributed by atoms with Gasteiger partial charge in [0.25, 0.3) is 0 Å². The Balaban J connectivity index is 2.28. The summed E-state index contributed by atoms with van der Waals surface area (Å²) in [6, 6.07) is 10.8. The van der Waals surface area contributed by atoms with Crippen molar-refractivity contribution in [2.75, 3.05) is 0 Å². The first kappa shape index (κ1) is 10.9. The van der Waals surface area contributed by atoms with E-state index in [-0.39, 0.29) is 0 Å². The summed E-state index contributed by atoms with van der Waals surface area (Å²) >= 11 is 5.96. The van der Waals surface area contributed by atoms with Crippen molar-refractivity contribution in [2.24, 2.45) is 0 Å². The fraction of sp³-hybridized carbons (Fsp3) is 0. The zero-order valence-electron chi connectivity index (χ0n) is 9.25. The number of benzene rings is 1. The van der Waals surface area contributed by atoms with Crippen LogP contribution in [0.3, 0.4) is 0 Å². The maximum Gasteiger partial charge on any atom is 0.171 e. The lowest BCUT2D eigenvalue weighted by Crippen LogP contribution is -1.92. The van der Waals surface area contributed by atoms with E-state index in [0.717, 1.165) is 11.8 Å². The average Bonchev–Trinajstić information content (AvgIpc) is 2.82. The highest BCUT2D eigenvalue weighted by molar-refractivity contribution is 6.30. The van der Waals surface area contributed by atoms with Gasteiger partial charge in [-0.15, -0.1) is 10.2 Å². The van der Waals surface area contributed by atoms with Gasteiger partial charge in [-0.2, -0.15) is 0 Å². The zero-order chi connectivity index (χ0) is 12.5. The van der Waals surface area contributed by atoms with Crippen LogP contribution >= 0.6 is 11.6 Å². The Morgan fingerprint density at radius 1 is 1.17 bits per heavy atom. The Kier molecular flexibility index (Phi) is 2.57. The van der Waals surface area contributed by atoms with E-state index in [2.05, 4.69) is 10.2 Å². The quantitative estimate of drug-likeness (QED) is 0.663. The highest BCUT2D eigenvalue weighted by Crippen LogP contribution is 2.22. The molecular formula is C13H8ClN3O. The van der Waals surface area contributed by atoms with Crippen molar-refractivity contribution in [1.82, 2.24) is 14.6 Å². The molecule has 0 bridgehead atoms. The van der Waals surface area contributed by atoms with Crippen molar-refractivity contribution < 1.29 is 4.79 Å². The van der Waals surface area contributed by atoms with Crippen molar-refractivity contribution in [3.8, 4) is 11.4 Å². The molecule has 2 aromatic heterocycles. The van der Waals surface area contributed by atoms with Gasteiger partial charge in [0.05, 0.1) is 5.56 Å². The summed E-state index contributed by atoms with van der Waals surface area (Å²) in [7, 11) is 0. The molecule has 4 nitrogen and oxygen atoms in total. The lowest BCUT2D eigenvalue weighted by molar-refractivity contribution is 0.112. The topological polar surface area (TPSA) is 47.3 Å². The SMILES string of the molecule is O=Cc1cccn2c(-c3cccc(Cl)c3)nnc12. The number of nitrogens with zero attached hydrogens (tertiary/aromatic N) is 3. The second kappa shape index (κ2) is 4.23. The predicted octanol–water partition coefficient (Wildman–Crippen LogP) is 2.86. The maximum absolute atomic E-state index is 10.9. The highest BCUT2D eigenvalue weighted by Gasteiger charge is 2.10. The summed E-state index contributed by atoms with van der Waals surface area (Å²) in [4.78, 5) is 10.9. The maximum atomic E-state index is 10.9. The van der Waals surface area contributed by atoms with Crippen molar-refractivity contribution in [2.45, 2.75) is 0 Å². The number of hydrogen-bond donors (Lipinski definition) is 0. The van der Waals surface area contributed by atoms with E-state index >= 15 is 0 Å². The lowest BCUT2D eigenvalue weighted by atomic mass is 10.2. The fourth-order valence-corrected chi connectivity index (χ4v) is 2.04. The Bertz CT molecular complexity index is 736. The van der Waals surface area contributed by atoms with Crippen LogP contribution in [0.2, 0.25) is 5.02 Å². The molecule has 0 saturated heterocycles. The third-order valence-electron chi connectivity index (χ3n) is 2.67. The van der Waals surface area contributed by atoms with Crippen molar-refractivity contribution in [1.29, 1.82) is 0 Å². The highest BCUT2D eigenvalue weighted by atomic mass is 35.5. The largest absolute Gasteiger partial charge is 0.298 e. The van der Waals surface area contributed by atoms with Gasteiger partial charge in [-0.3, -0.25) is 9.20 Å². The molecule has 1 aromatic carbocycles. The predicted molar refractivity (Wildman–Crippen MR) is 68.8 cm³/mol. The summed E-state index contributed by atoms with van der Waals surface area (Å²) in [5, 5.41) is 8.78. The van der Waals surface area contributed by atoms with Crippen molar-refractivity contribution in [3.63, 3.8) is 0 Å². The number of rotatable bonds is 2. The second-order valence-electron chi connectivity index (χ2n) is 3.81. The molecule has 88 valence electrons. The van der Waals surface area contributed by atoms with Gasteiger partial charge in [-0.25, -0.2) is 0 Å². The Morgan fingerprint density at radius 3 is 2.83 bits per heavy atom. The van der Waals surface area contributed by atoms with Crippen LogP contribution in [0, 0.1) is 0 Å². The molecule has 3 aromatic rings. The minimum absolute atomic E-state index is 0.512. The summed E-state index contributed by atoms with van der Waals surface area (Å²) in [6.07, 6.45) is 2.59. The summed E-state index contributed by atoms with van der Waals surface area (Å²) < 4.78 is 1.77. The minimum Gasteiger partial charge on any atom is -0.298 e. The van der Waals surface area contributed by atoms with Gasteiger partial charge in [0.2, 0.25) is 0 Å². The summed E-state index contributed by atoms with van der Waals surface area (Å²) in [6.45, 7) is 0. The molecule has 0 aliphatic heterocycles. The molecule has 0 saturated carbocycles. The van der Waals surface area contributed by atoms with E-state index < -0.39 is 0 Å². The molecule has 0 aliphatic carbocycles. The van der Waals surface area contributed by atoms with Gasteiger partial charge >= 0.3 is 0 Å². The van der Waals surface area contributed by atoms with Crippen LogP contribution in [0.15, 0.2) is 42.6 Å². The van der Waals surface area contributed by atoms with E-state index in [4.69, 9.17) is 11.6 Å². The normalized spacial score (nSPS) is 10.7. The zero-order valence-corrected chi connectivity index (χ0v) is 10.0. The number of carbonyl (C=O) groups is 1. The first-order valence-electron chi connectivity index (χ1n) is 5.34. The van der Waals surface area contributed by atoms with Crippen LogP contribution in [0.1, 0.15) is 10.4 Å². The molecule has 5 heteroatoms. The van der Waals surface area contributed by atoms with Gasteiger partial charge in [0.1, 0.15) is 0 Å². The molecule has 0 N–H and O–H groups in total. The van der Waals surface area contributed by atoms with E-state index in [9.17, 15) is 4.79 Å². The standard InChI is InChI=1S/C13H8ClN3O/c14-11-5-1-3-9(7-11)12-15-16-13-10(8-18)4-2-6-17(12)13/h1-8H. The third-order valence-corrected chi connectivity index (χ3v) is 2.91. The average molecular weight is 258 g/mol. The van der Waals surface area contributed by atoms with Crippen LogP contribution < -0.4 is 0 Å². The number of aldehydes is 1. The van der Waals surface area contributed by atoms with E-state index in [1.807, 2.05) is 24.4 Å². The van der Waals surface area contributed by atoms with E-state index in [0.29, 0.717) is 22.1 Å². The summed E-state index contributed by atoms with van der Waals surface area (Å²) in [5.74, 6) is 0.663. The number of aromatic nitrogens is 3. The number of halogens is 1. The van der Waals surface area contributed by atoms with Crippen LogP contribution in [-0.2, 0) is 0 Å². The first-order chi connectivity index (χ1) is 8.79. The molecule has 0 fully saturated rings. The van der Waals surface area contributed by atoms with Gasteiger partial charge in [-0.1, -0.05) is 23.7 Å². The first-order valence-corrected chi connectivity index (χ1v) is 5.72. The summed E-state index contributed by atoms with van der Waals surface area (Å²) in [5.41, 5.74) is 1.92. The number of pyridine rings is 1. The van der Waals surface area contributed by atoms with Gasteiger partial charge in [0, 0.05) is 16.8 Å². The molecule has 18 heavy (non-hydrogen) atoms.